The summed E-state index contributed by atoms with van der Waals surface area (Å²) in [4.78, 5) is 49.5. The Kier molecular flexibility index (Phi) is 114. The van der Waals surface area contributed by atoms with Crippen molar-refractivity contribution in [3.8, 4) is 0 Å². The van der Waals surface area contributed by atoms with Crippen LogP contribution in [0.2, 0.25) is 0 Å². The monoisotopic (exact) mass is 2180 g/mol. The van der Waals surface area contributed by atoms with Gasteiger partial charge < -0.3 is 28.0 Å². The van der Waals surface area contributed by atoms with E-state index in [0.717, 1.165) is 88.9 Å². The van der Waals surface area contributed by atoms with E-state index in [0.29, 0.717) is 69.7 Å². The first-order valence-electron chi connectivity index (χ1n) is 66.6. The molecule has 0 aromatic rings. The van der Waals surface area contributed by atoms with Crippen LogP contribution in [-0.2, 0) is 47.2 Å². The Morgan fingerprint density at radius 1 is 0.184 bits per heavy atom. The smallest absolute Gasteiger partial charge is 0.305 e. The van der Waals surface area contributed by atoms with Gasteiger partial charge in [0.15, 0.2) is 13.1 Å². The molecule has 2 aliphatic carbocycles. The molecule has 872 valence electrons. The lowest BCUT2D eigenvalue weighted by Crippen LogP contribution is -2.38. The molecule has 0 saturated heterocycles. The molecule has 0 spiro atoms. The molecule has 0 aromatic heterocycles. The summed E-state index contributed by atoms with van der Waals surface area (Å²) in [6.07, 6.45) is 140. The fourth-order valence-electron chi connectivity index (χ4n) is 22.5. The summed E-state index contributed by atoms with van der Waals surface area (Å²) in [7, 11) is 0. The minimum atomic E-state index is -0.537. The van der Waals surface area contributed by atoms with Crippen LogP contribution in [0.25, 0.3) is 0 Å². The first-order chi connectivity index (χ1) is 72.5. The lowest BCUT2D eigenvalue weighted by atomic mass is 9.60. The van der Waals surface area contributed by atoms with Gasteiger partial charge in [-0.05, 0) is 146 Å². The minimum Gasteiger partial charge on any atom is -0.466 e. The van der Waals surface area contributed by atoms with Crippen LogP contribution in [0.1, 0.15) is 735 Å². The first kappa shape index (κ1) is 143. The van der Waals surface area contributed by atoms with Crippen molar-refractivity contribution in [2.45, 2.75) is 747 Å². The molecular weight excluding hydrogens is 1920 g/mol. The van der Waals surface area contributed by atoms with Crippen molar-refractivity contribution in [3.05, 3.63) is 0 Å². The highest BCUT2D eigenvalue weighted by Crippen LogP contribution is 2.66. The van der Waals surface area contributed by atoms with E-state index in [4.69, 9.17) is 28.0 Å². The van der Waals surface area contributed by atoms with Crippen molar-refractivity contribution in [1.82, 2.24) is 0 Å². The Hall–Kier alpha value is 0.0600. The molecule has 2 aliphatic rings. The molecule has 2 rings (SSSR count). The number of esters is 4. The lowest BCUT2D eigenvalue weighted by molar-refractivity contribution is -0.144. The third kappa shape index (κ3) is 102. The first-order valence-corrected chi connectivity index (χ1v) is 75.5. The fourth-order valence-corrected chi connectivity index (χ4v) is 35.7. The van der Waals surface area contributed by atoms with Gasteiger partial charge in [0.05, 0.1) is 38.6 Å². The number of ether oxygens (including phenoxy) is 4. The topological polar surface area (TPSA) is 124 Å². The second kappa shape index (κ2) is 117. The number of carbonyl (C=O) groups is 4. The fraction of sp³-hybridized carbons (Fsp3) is 0.969. The Bertz CT molecular complexity index is 2330. The molecule has 0 bridgehead atoms. The van der Waals surface area contributed by atoms with E-state index >= 15 is 0 Å². The normalized spacial score (nSPS) is 15.1. The quantitative estimate of drug-likeness (QED) is 0.0248. The van der Waals surface area contributed by atoms with E-state index in [9.17, 15) is 19.2 Å². The Labute approximate surface area is 936 Å². The molecule has 16 heteroatoms. The van der Waals surface area contributed by atoms with Gasteiger partial charge >= 0.3 is 23.9 Å². The Balaban J connectivity index is 1.81. The third-order valence-corrected chi connectivity index (χ3v) is 46.1. The zero-order valence-corrected chi connectivity index (χ0v) is 104. The SMILES string of the molecule is CCCCCCCCCCCCCCOC(=O)CCCCCCCCCCCCCCSP(OC1CCC(C(C)(C)C2CCC(OP(SCCCCCCCCCCCCCCC(=O)OCCCCCCCCCCCCCC)SCCCCCCCCCCCCCCC(=O)OCCCCCCCCCCCCCC)CC2)CC1)SCCCCCCCCCCCCCCC(=O)OCCCCCCCCCCCCCC. The molecular formula is C131H254O10P2S4. The van der Waals surface area contributed by atoms with E-state index in [2.05, 4.69) is 87.1 Å². The maximum atomic E-state index is 12.4. The molecule has 2 fully saturated rings. The van der Waals surface area contributed by atoms with Crippen molar-refractivity contribution >= 4 is 82.5 Å². The van der Waals surface area contributed by atoms with Crippen LogP contribution in [0.3, 0.4) is 0 Å². The summed E-state index contributed by atoms with van der Waals surface area (Å²) in [6, 6.07) is 0. The van der Waals surface area contributed by atoms with Gasteiger partial charge in [0.25, 0.3) is 0 Å². The zero-order chi connectivity index (χ0) is 105. The predicted molar refractivity (Wildman–Crippen MR) is 659 cm³/mol. The molecule has 10 nitrogen and oxygen atoms in total. The van der Waals surface area contributed by atoms with Crippen LogP contribution in [-0.4, -0.2) is 85.5 Å². The third-order valence-electron chi connectivity index (χ3n) is 32.9. The lowest BCUT2D eigenvalue weighted by Gasteiger charge is -2.47. The average molecular weight is 2180 g/mol. The van der Waals surface area contributed by atoms with E-state index in [1.807, 2.05) is 0 Å². The summed E-state index contributed by atoms with van der Waals surface area (Å²) >= 11 is 8.80. The maximum absolute atomic E-state index is 12.4. The van der Waals surface area contributed by atoms with E-state index in [1.165, 1.54) is 614 Å². The largest absolute Gasteiger partial charge is 0.466 e. The number of carbonyl (C=O) groups excluding carboxylic acids is 4. The van der Waals surface area contributed by atoms with E-state index in [1.54, 1.807) is 0 Å². The van der Waals surface area contributed by atoms with Crippen molar-refractivity contribution in [2.24, 2.45) is 17.3 Å². The predicted octanol–water partition coefficient (Wildman–Crippen LogP) is 47.8. The van der Waals surface area contributed by atoms with Crippen LogP contribution in [0.15, 0.2) is 0 Å². The highest BCUT2D eigenvalue weighted by atomic mass is 33.1. The van der Waals surface area contributed by atoms with Crippen LogP contribution < -0.4 is 0 Å². The highest BCUT2D eigenvalue weighted by Gasteiger charge is 2.42. The minimum absolute atomic E-state index is 0.0205. The number of unbranched alkanes of at least 4 members (excludes halogenated alkanes) is 88. The second-order valence-electron chi connectivity index (χ2n) is 47.2. The second-order valence-corrected chi connectivity index (χ2v) is 59.6. The average Bonchev–Trinajstić information content (AvgIpc) is 0.799. The number of hydrogen-bond donors (Lipinski definition) is 0. The van der Waals surface area contributed by atoms with Crippen LogP contribution >= 0.6 is 58.6 Å². The zero-order valence-electron chi connectivity index (χ0n) is 99.4. The summed E-state index contributed by atoms with van der Waals surface area (Å²) in [5.41, 5.74) is 0.351. The molecule has 0 aliphatic heterocycles. The summed E-state index contributed by atoms with van der Waals surface area (Å²) in [5, 5.41) is 0. The molecule has 0 N–H and O–H groups in total. The number of rotatable bonds is 122. The van der Waals surface area contributed by atoms with Gasteiger partial charge in [0.1, 0.15) is 0 Å². The van der Waals surface area contributed by atoms with Crippen molar-refractivity contribution in [3.63, 3.8) is 0 Å². The van der Waals surface area contributed by atoms with Gasteiger partial charge in [0.2, 0.25) is 0 Å². The van der Waals surface area contributed by atoms with Crippen molar-refractivity contribution in [2.75, 3.05) is 49.4 Å². The summed E-state index contributed by atoms with van der Waals surface area (Å²) < 4.78 is 37.0. The number of hydrogen-bond acceptors (Lipinski definition) is 14. The van der Waals surface area contributed by atoms with Crippen LogP contribution in [0.5, 0.6) is 0 Å². The van der Waals surface area contributed by atoms with Gasteiger partial charge in [-0.15, -0.1) is 0 Å². The molecule has 0 amide bonds. The van der Waals surface area contributed by atoms with Gasteiger partial charge in [-0.3, -0.25) is 19.2 Å². The van der Waals surface area contributed by atoms with Gasteiger partial charge in [-0.2, -0.15) is 0 Å². The standard InChI is InChI=1S/C131H254O10P2S4/c1-7-11-15-19-23-27-31-47-59-71-83-95-115-136-127(132)103-91-79-67-55-43-35-39-51-63-75-87-99-119-144-142(145-120-100-88-76-64-52-40-36-44-56-68-80-92-104-128(133)137-116-96-84-72-60-48-32-28-24-20-16-12-8-2)140-125-111-107-123(108-112-125)131(5,6)124-109-113-126(114-110-124)141-143(146-121-101-89-77-65-53-41-37-45-57-69-81-93-105-129(134)138-117-97-85-73-61-49-33-29-25-21-17-13-9-3)147-122-102-90-78-66-54-42-38-46-58-70-82-94-106-130(135)139-118-98-86-74-62-50-34-30-26-22-18-14-10-4/h123-126H,7-122H2,1-6H3. The van der Waals surface area contributed by atoms with E-state index < -0.39 is 13.1 Å². The van der Waals surface area contributed by atoms with Gasteiger partial charge in [0, 0.05) is 48.7 Å². The molecule has 0 heterocycles. The molecule has 2 saturated carbocycles. The molecule has 0 radical (unpaired) electrons. The Morgan fingerprint density at radius 3 is 0.463 bits per heavy atom. The highest BCUT2D eigenvalue weighted by molar-refractivity contribution is 8.87. The van der Waals surface area contributed by atoms with Gasteiger partial charge in [-0.1, -0.05) is 626 Å². The molecule has 147 heavy (non-hydrogen) atoms. The summed E-state index contributed by atoms with van der Waals surface area (Å²) in [5.74, 6) is 6.63. The summed E-state index contributed by atoms with van der Waals surface area (Å²) in [6.45, 7) is 15.9. The molecule has 0 aromatic carbocycles. The molecule has 0 unspecified atom stereocenters. The van der Waals surface area contributed by atoms with Crippen LogP contribution in [0.4, 0.5) is 0 Å². The maximum Gasteiger partial charge on any atom is 0.305 e. The van der Waals surface area contributed by atoms with Gasteiger partial charge in [-0.25, -0.2) is 0 Å². The Morgan fingerprint density at radius 2 is 0.313 bits per heavy atom. The van der Waals surface area contributed by atoms with E-state index in [-0.39, 0.29) is 23.9 Å². The van der Waals surface area contributed by atoms with Crippen molar-refractivity contribution < 1.29 is 47.2 Å². The van der Waals surface area contributed by atoms with Crippen molar-refractivity contribution in [1.29, 1.82) is 0 Å². The molecule has 0 atom stereocenters. The van der Waals surface area contributed by atoms with Crippen LogP contribution in [0, 0.1) is 17.3 Å².